The number of esters is 2. The maximum Gasteiger partial charge on any atom is 0.342 e. The van der Waals surface area contributed by atoms with Gasteiger partial charge in [0.1, 0.15) is 17.1 Å². The molecule has 0 fully saturated rings. The molecule has 0 aliphatic carbocycles. The van der Waals surface area contributed by atoms with Gasteiger partial charge in [-0.15, -0.1) is 0 Å². The van der Waals surface area contributed by atoms with Crippen LogP contribution in [0.3, 0.4) is 0 Å². The summed E-state index contributed by atoms with van der Waals surface area (Å²) in [6, 6.07) is 7.75. The fourth-order valence-corrected chi connectivity index (χ4v) is 2.89. The molecule has 2 aromatic rings. The lowest BCUT2D eigenvalue weighted by molar-refractivity contribution is 0.0474. The van der Waals surface area contributed by atoms with Crippen LogP contribution in [0, 0.1) is 0 Å². The van der Waals surface area contributed by atoms with Crippen LogP contribution in [-0.2, 0) is 15.9 Å². The van der Waals surface area contributed by atoms with Crippen molar-refractivity contribution < 1.29 is 33.7 Å². The molecule has 0 radical (unpaired) electrons. The molecule has 154 valence electrons. The number of aromatic hydroxyl groups is 1. The Hall–Kier alpha value is -3.35. The number of carbonyl (C=O) groups excluding carboxylic acids is 3. The molecule has 2 aromatic carbocycles. The third-order valence-electron chi connectivity index (χ3n) is 4.32. The molecule has 0 saturated heterocycles. The van der Waals surface area contributed by atoms with Crippen LogP contribution in [0.1, 0.15) is 63.0 Å². The molecule has 0 aromatic heterocycles. The third-order valence-corrected chi connectivity index (χ3v) is 4.32. The Bertz CT molecular complexity index is 914. The van der Waals surface area contributed by atoms with E-state index in [0.29, 0.717) is 23.3 Å². The summed E-state index contributed by atoms with van der Waals surface area (Å²) in [6.07, 6.45) is 0.338. The van der Waals surface area contributed by atoms with Gasteiger partial charge in [0.15, 0.2) is 5.78 Å². The van der Waals surface area contributed by atoms with Gasteiger partial charge < -0.3 is 19.3 Å². The molecule has 0 atom stereocenters. The first-order chi connectivity index (χ1) is 13.9. The summed E-state index contributed by atoms with van der Waals surface area (Å²) in [7, 11) is 1.51. The Labute approximate surface area is 169 Å². The van der Waals surface area contributed by atoms with Crippen molar-refractivity contribution in [3.63, 3.8) is 0 Å². The molecule has 2 rings (SSSR count). The summed E-state index contributed by atoms with van der Waals surface area (Å²) < 4.78 is 15.2. The van der Waals surface area contributed by atoms with Crippen LogP contribution in [-0.4, -0.2) is 43.2 Å². The van der Waals surface area contributed by atoms with Crippen LogP contribution in [0.25, 0.3) is 0 Å². The van der Waals surface area contributed by atoms with Gasteiger partial charge in [-0.1, -0.05) is 6.92 Å². The highest BCUT2D eigenvalue weighted by Gasteiger charge is 2.31. The lowest BCUT2D eigenvalue weighted by atomic mass is 9.90. The van der Waals surface area contributed by atoms with E-state index in [1.54, 1.807) is 45.0 Å². The van der Waals surface area contributed by atoms with Crippen molar-refractivity contribution in [2.24, 2.45) is 0 Å². The van der Waals surface area contributed by atoms with Crippen molar-refractivity contribution in [3.8, 4) is 11.5 Å². The largest absolute Gasteiger partial charge is 0.507 e. The van der Waals surface area contributed by atoms with E-state index in [2.05, 4.69) is 0 Å². The van der Waals surface area contributed by atoms with Crippen LogP contribution in [0.2, 0.25) is 0 Å². The number of hydrogen-bond donors (Lipinski definition) is 1. The predicted octanol–water partition coefficient (Wildman–Crippen LogP) is 3.55. The van der Waals surface area contributed by atoms with Crippen molar-refractivity contribution in [1.82, 2.24) is 0 Å². The normalized spacial score (nSPS) is 10.3. The molecule has 0 aliphatic heterocycles. The number of ether oxygens (including phenoxy) is 3. The second-order valence-electron chi connectivity index (χ2n) is 6.03. The topological polar surface area (TPSA) is 99.1 Å². The molecule has 0 saturated carbocycles. The van der Waals surface area contributed by atoms with E-state index in [4.69, 9.17) is 14.2 Å². The maximum atomic E-state index is 13.2. The van der Waals surface area contributed by atoms with Crippen molar-refractivity contribution in [1.29, 1.82) is 0 Å². The Morgan fingerprint density at radius 1 is 0.897 bits per heavy atom. The zero-order chi connectivity index (χ0) is 21.6. The Morgan fingerprint density at radius 2 is 1.45 bits per heavy atom. The maximum absolute atomic E-state index is 13.2. The first kappa shape index (κ1) is 21.9. The minimum Gasteiger partial charge on any atom is -0.507 e. The van der Waals surface area contributed by atoms with Crippen LogP contribution < -0.4 is 4.74 Å². The minimum atomic E-state index is -0.896. The van der Waals surface area contributed by atoms with Gasteiger partial charge in [0, 0.05) is 11.1 Å². The van der Waals surface area contributed by atoms with Gasteiger partial charge in [0.2, 0.25) is 0 Å². The smallest absolute Gasteiger partial charge is 0.342 e. The van der Waals surface area contributed by atoms with Crippen molar-refractivity contribution in [2.75, 3.05) is 20.3 Å². The summed E-state index contributed by atoms with van der Waals surface area (Å²) in [6.45, 7) is 5.04. The zero-order valence-electron chi connectivity index (χ0n) is 16.9. The average molecular weight is 400 g/mol. The summed E-state index contributed by atoms with van der Waals surface area (Å²) in [5, 5.41) is 10.6. The molecule has 7 heteroatoms. The quantitative estimate of drug-likeness (QED) is 0.534. The van der Waals surface area contributed by atoms with Crippen molar-refractivity contribution in [3.05, 3.63) is 58.1 Å². The van der Waals surface area contributed by atoms with E-state index in [1.807, 2.05) is 0 Å². The predicted molar refractivity (Wildman–Crippen MR) is 106 cm³/mol. The SMILES string of the molecule is CCOC(=O)c1c(C(=O)c2ccc(OC)cc2)cc(CC)c(O)c1C(=O)OCC. The lowest BCUT2D eigenvalue weighted by Gasteiger charge is -2.17. The van der Waals surface area contributed by atoms with Crippen LogP contribution in [0.15, 0.2) is 30.3 Å². The number of carbonyl (C=O) groups is 3. The van der Waals surface area contributed by atoms with Gasteiger partial charge in [-0.25, -0.2) is 9.59 Å². The Kier molecular flexibility index (Phi) is 7.36. The fraction of sp³-hybridized carbons (Fsp3) is 0.318. The number of ketones is 1. The molecule has 0 amide bonds. The average Bonchev–Trinajstić information content (AvgIpc) is 2.73. The van der Waals surface area contributed by atoms with Crippen LogP contribution in [0.4, 0.5) is 0 Å². The summed E-state index contributed by atoms with van der Waals surface area (Å²) in [5.74, 6) is -2.09. The van der Waals surface area contributed by atoms with Crippen LogP contribution >= 0.6 is 0 Å². The molecular weight excluding hydrogens is 376 g/mol. The second kappa shape index (κ2) is 9.73. The number of hydrogen-bond acceptors (Lipinski definition) is 7. The number of aryl methyl sites for hydroxylation is 1. The zero-order valence-corrected chi connectivity index (χ0v) is 16.9. The van der Waals surface area contributed by atoms with E-state index in [9.17, 15) is 19.5 Å². The molecule has 1 N–H and O–H groups in total. The number of benzene rings is 2. The monoisotopic (exact) mass is 400 g/mol. The molecule has 0 bridgehead atoms. The standard InChI is InChI=1S/C22H24O7/c1-5-13-12-16(19(23)14-8-10-15(27-4)11-9-14)17(21(25)28-6-2)18(20(13)24)22(26)29-7-3/h8-12,24H,5-7H2,1-4H3. The van der Waals surface area contributed by atoms with E-state index in [1.165, 1.54) is 13.2 Å². The van der Waals surface area contributed by atoms with Gasteiger partial charge in [0.25, 0.3) is 0 Å². The van der Waals surface area contributed by atoms with Gasteiger partial charge in [-0.05, 0) is 56.2 Å². The molecule has 0 spiro atoms. The Balaban J connectivity index is 2.76. The van der Waals surface area contributed by atoms with E-state index in [-0.39, 0.29) is 35.7 Å². The summed E-state index contributed by atoms with van der Waals surface area (Å²) >= 11 is 0. The number of rotatable bonds is 8. The molecule has 0 heterocycles. The van der Waals surface area contributed by atoms with Gasteiger partial charge >= 0.3 is 11.9 Å². The van der Waals surface area contributed by atoms with E-state index < -0.39 is 17.7 Å². The van der Waals surface area contributed by atoms with Crippen molar-refractivity contribution in [2.45, 2.75) is 27.2 Å². The highest BCUT2D eigenvalue weighted by Crippen LogP contribution is 2.33. The second-order valence-corrected chi connectivity index (χ2v) is 6.03. The molecule has 0 unspecified atom stereocenters. The molecular formula is C22H24O7. The number of phenols is 1. The highest BCUT2D eigenvalue weighted by atomic mass is 16.5. The first-order valence-electron chi connectivity index (χ1n) is 9.31. The molecule has 7 nitrogen and oxygen atoms in total. The van der Waals surface area contributed by atoms with Gasteiger partial charge in [-0.3, -0.25) is 4.79 Å². The van der Waals surface area contributed by atoms with Gasteiger partial charge in [0.05, 0.1) is 25.9 Å². The summed E-state index contributed by atoms with van der Waals surface area (Å²) in [5.41, 5.74) is -0.0643. The fourth-order valence-electron chi connectivity index (χ4n) is 2.89. The first-order valence-corrected chi connectivity index (χ1v) is 9.31. The van der Waals surface area contributed by atoms with Crippen LogP contribution in [0.5, 0.6) is 11.5 Å². The Morgan fingerprint density at radius 3 is 1.93 bits per heavy atom. The van der Waals surface area contributed by atoms with Crippen molar-refractivity contribution >= 4 is 17.7 Å². The van der Waals surface area contributed by atoms with E-state index in [0.717, 1.165) is 0 Å². The summed E-state index contributed by atoms with van der Waals surface area (Å²) in [4.78, 5) is 38.4. The lowest BCUT2D eigenvalue weighted by Crippen LogP contribution is -2.20. The number of methoxy groups -OCH3 is 1. The minimum absolute atomic E-state index is 0.0353. The highest BCUT2D eigenvalue weighted by molar-refractivity contribution is 6.18. The molecule has 29 heavy (non-hydrogen) atoms. The van der Waals surface area contributed by atoms with Gasteiger partial charge in [-0.2, -0.15) is 0 Å². The molecule has 0 aliphatic rings. The number of phenolic OH excluding ortho intramolecular Hbond substituents is 1. The van der Waals surface area contributed by atoms with E-state index >= 15 is 0 Å². The third kappa shape index (κ3) is 4.56.